The summed E-state index contributed by atoms with van der Waals surface area (Å²) in [4.78, 5) is 13.0. The molecule has 0 aromatic carbocycles. The van der Waals surface area contributed by atoms with E-state index < -0.39 is 23.0 Å². The van der Waals surface area contributed by atoms with Crippen LogP contribution in [0.25, 0.3) is 0 Å². The van der Waals surface area contributed by atoms with Crippen molar-refractivity contribution in [3.05, 3.63) is 12.2 Å². The zero-order chi connectivity index (χ0) is 24.4. The number of Topliss-reactive ketones (excluding diaryl/α,β-unsaturated/α-hetero) is 1. The fourth-order valence-corrected chi connectivity index (χ4v) is 11.3. The van der Waals surface area contributed by atoms with E-state index in [4.69, 9.17) is 0 Å². The summed E-state index contributed by atoms with van der Waals surface area (Å²) in [5.74, 6) is 2.00. The van der Waals surface area contributed by atoms with Gasteiger partial charge in [-0.25, -0.2) is 0 Å². The first-order valence-corrected chi connectivity index (χ1v) is 13.7. The van der Waals surface area contributed by atoms with Crippen molar-refractivity contribution in [1.29, 1.82) is 0 Å². The van der Waals surface area contributed by atoms with Crippen LogP contribution < -0.4 is 0 Å². The minimum atomic E-state index is -0.661. The van der Waals surface area contributed by atoms with Crippen molar-refractivity contribution < 1.29 is 15.0 Å². The van der Waals surface area contributed by atoms with Crippen molar-refractivity contribution in [1.82, 2.24) is 0 Å². The first kappa shape index (κ1) is 24.0. The normalized spacial score (nSPS) is 57.5. The molecule has 5 aliphatic carbocycles. The van der Waals surface area contributed by atoms with Gasteiger partial charge in [-0.05, 0) is 97.7 Å². The number of carbonyl (C=O) groups excluding carboxylic acids is 1. The number of fused-ring (bicyclic) bond motifs is 7. The molecule has 11 unspecified atom stereocenters. The third kappa shape index (κ3) is 2.73. The highest BCUT2D eigenvalue weighted by atomic mass is 16.3. The highest BCUT2D eigenvalue weighted by Crippen LogP contribution is 2.77. The molecular weight excluding hydrogens is 408 g/mol. The molecule has 0 aromatic rings. The van der Waals surface area contributed by atoms with Crippen molar-refractivity contribution in [2.75, 3.05) is 0 Å². The maximum atomic E-state index is 13.0. The molecule has 0 amide bonds. The number of aliphatic hydroxyl groups is 2. The first-order valence-electron chi connectivity index (χ1n) is 13.7. The third-order valence-corrected chi connectivity index (χ3v) is 13.3. The van der Waals surface area contributed by atoms with Gasteiger partial charge in [0, 0.05) is 17.3 Å². The maximum Gasteiger partial charge on any atom is 0.141 e. The van der Waals surface area contributed by atoms with E-state index >= 15 is 0 Å². The van der Waals surface area contributed by atoms with Gasteiger partial charge in [0.05, 0.1) is 12.2 Å². The second-order valence-electron chi connectivity index (χ2n) is 14.7. The molecule has 0 radical (unpaired) electrons. The number of carbonyl (C=O) groups is 1. The van der Waals surface area contributed by atoms with Gasteiger partial charge < -0.3 is 10.2 Å². The summed E-state index contributed by atoms with van der Waals surface area (Å²) >= 11 is 0. The summed E-state index contributed by atoms with van der Waals surface area (Å²) in [6.45, 7) is 20.5. The Hall–Kier alpha value is -0.670. The molecule has 33 heavy (non-hydrogen) atoms. The number of allylic oxidation sites excluding steroid dienone is 1. The second kappa shape index (κ2) is 6.96. The van der Waals surface area contributed by atoms with E-state index in [1.807, 2.05) is 0 Å². The Labute approximate surface area is 201 Å². The van der Waals surface area contributed by atoms with E-state index in [1.54, 1.807) is 0 Å². The van der Waals surface area contributed by atoms with E-state index in [0.29, 0.717) is 23.2 Å². The Balaban J connectivity index is 1.62. The monoisotopic (exact) mass is 456 g/mol. The lowest BCUT2D eigenvalue weighted by Gasteiger charge is -2.73. The van der Waals surface area contributed by atoms with E-state index in [1.165, 1.54) is 31.3 Å². The van der Waals surface area contributed by atoms with Crippen molar-refractivity contribution in [3.63, 3.8) is 0 Å². The third-order valence-electron chi connectivity index (χ3n) is 13.3. The summed E-state index contributed by atoms with van der Waals surface area (Å²) in [5, 5.41) is 23.5. The molecule has 0 spiro atoms. The lowest BCUT2D eigenvalue weighted by molar-refractivity contribution is -0.282. The summed E-state index contributed by atoms with van der Waals surface area (Å²) in [7, 11) is 0. The molecule has 5 saturated carbocycles. The minimum absolute atomic E-state index is 0.0291. The van der Waals surface area contributed by atoms with Crippen LogP contribution >= 0.6 is 0 Å². The smallest absolute Gasteiger partial charge is 0.141 e. The first-order chi connectivity index (χ1) is 15.1. The SMILES string of the molecule is C=C(C)C1CCC2(C)CCC3(C)C(CC(O)C4C5(C)C(O)CC(=O)C(C)(C)C5CCC43C)C12. The fraction of sp³-hybridized carbons (Fsp3) is 0.900. The zero-order valence-corrected chi connectivity index (χ0v) is 22.2. The molecule has 0 aromatic heterocycles. The van der Waals surface area contributed by atoms with Crippen LogP contribution in [0.3, 0.4) is 0 Å². The molecule has 5 fully saturated rings. The van der Waals surface area contributed by atoms with E-state index in [0.717, 1.165) is 19.3 Å². The molecule has 0 saturated heterocycles. The van der Waals surface area contributed by atoms with Gasteiger partial charge in [0.15, 0.2) is 0 Å². The van der Waals surface area contributed by atoms with Crippen LogP contribution in [0, 0.1) is 56.7 Å². The summed E-state index contributed by atoms with van der Waals surface area (Å²) in [6.07, 6.45) is 7.01. The molecule has 0 bridgehead atoms. The topological polar surface area (TPSA) is 57.5 Å². The Bertz CT molecular complexity index is 876. The van der Waals surface area contributed by atoms with Crippen LogP contribution in [-0.4, -0.2) is 28.2 Å². The Morgan fingerprint density at radius 2 is 1.61 bits per heavy atom. The van der Waals surface area contributed by atoms with Crippen LogP contribution in [0.4, 0.5) is 0 Å². The van der Waals surface area contributed by atoms with E-state index in [2.05, 4.69) is 55.0 Å². The highest BCUT2D eigenvalue weighted by Gasteiger charge is 2.73. The van der Waals surface area contributed by atoms with Gasteiger partial charge in [0.2, 0.25) is 0 Å². The van der Waals surface area contributed by atoms with Crippen LogP contribution in [0.15, 0.2) is 12.2 Å². The molecule has 5 rings (SSSR count). The van der Waals surface area contributed by atoms with Crippen molar-refractivity contribution in [3.8, 4) is 0 Å². The van der Waals surface area contributed by atoms with Gasteiger partial charge in [-0.1, -0.05) is 53.7 Å². The van der Waals surface area contributed by atoms with Crippen molar-refractivity contribution in [2.24, 2.45) is 56.7 Å². The molecule has 11 atom stereocenters. The van der Waals surface area contributed by atoms with Gasteiger partial charge in [-0.3, -0.25) is 4.79 Å². The highest BCUT2D eigenvalue weighted by molar-refractivity contribution is 5.86. The largest absolute Gasteiger partial charge is 0.393 e. The number of rotatable bonds is 1. The number of ketones is 1. The Morgan fingerprint density at radius 1 is 0.939 bits per heavy atom. The molecular formula is C30H48O3. The van der Waals surface area contributed by atoms with Crippen LogP contribution in [0.2, 0.25) is 0 Å². The number of aliphatic hydroxyl groups excluding tert-OH is 2. The molecule has 3 nitrogen and oxygen atoms in total. The quantitative estimate of drug-likeness (QED) is 0.464. The minimum Gasteiger partial charge on any atom is -0.393 e. The fourth-order valence-electron chi connectivity index (χ4n) is 11.3. The standard InChI is InChI=1S/C30H48O3/c1-17(2)18-9-11-27(5)13-14-28(6)19(24(18)27)15-20(31)25-29(28,7)12-10-21-26(3,4)22(32)16-23(33)30(21,25)8/h18-21,23-25,31,33H,1,9-16H2,2-8H3. The molecule has 2 N–H and O–H groups in total. The van der Waals surface area contributed by atoms with Gasteiger partial charge in [-0.15, -0.1) is 0 Å². The summed E-state index contributed by atoms with van der Waals surface area (Å²) in [6, 6.07) is 0. The van der Waals surface area contributed by atoms with Gasteiger partial charge in [0.25, 0.3) is 0 Å². The van der Waals surface area contributed by atoms with Crippen molar-refractivity contribution in [2.45, 2.75) is 112 Å². The average molecular weight is 457 g/mol. The molecule has 3 heteroatoms. The molecule has 186 valence electrons. The summed E-state index contributed by atoms with van der Waals surface area (Å²) in [5.41, 5.74) is 0.917. The van der Waals surface area contributed by atoms with Gasteiger partial charge in [0.1, 0.15) is 5.78 Å². The van der Waals surface area contributed by atoms with Crippen molar-refractivity contribution >= 4 is 5.78 Å². The van der Waals surface area contributed by atoms with E-state index in [-0.39, 0.29) is 34.9 Å². The zero-order valence-electron chi connectivity index (χ0n) is 22.2. The molecule has 0 aliphatic heterocycles. The Kier molecular flexibility index (Phi) is 5.07. The Morgan fingerprint density at radius 3 is 2.24 bits per heavy atom. The average Bonchev–Trinajstić information content (AvgIpc) is 3.06. The molecule has 0 heterocycles. The predicted octanol–water partition coefficient (Wildman–Crippen LogP) is 6.17. The van der Waals surface area contributed by atoms with Crippen LogP contribution in [0.5, 0.6) is 0 Å². The second-order valence-corrected chi connectivity index (χ2v) is 14.7. The van der Waals surface area contributed by atoms with Crippen LogP contribution in [-0.2, 0) is 4.79 Å². The molecule has 5 aliphatic rings. The van der Waals surface area contributed by atoms with E-state index in [9.17, 15) is 15.0 Å². The number of hydrogen-bond acceptors (Lipinski definition) is 3. The van der Waals surface area contributed by atoms with Crippen LogP contribution in [0.1, 0.15) is 99.8 Å². The lowest BCUT2D eigenvalue weighted by Crippen LogP contribution is -2.72. The predicted molar refractivity (Wildman–Crippen MR) is 132 cm³/mol. The maximum absolute atomic E-state index is 13.0. The number of hydrogen-bond donors (Lipinski definition) is 2. The summed E-state index contributed by atoms with van der Waals surface area (Å²) < 4.78 is 0. The lowest BCUT2D eigenvalue weighted by atomic mass is 9.31. The van der Waals surface area contributed by atoms with Gasteiger partial charge in [-0.2, -0.15) is 0 Å². The van der Waals surface area contributed by atoms with Gasteiger partial charge >= 0.3 is 0 Å².